The molecule has 1 saturated heterocycles. The molecule has 2 rings (SSSR count). The van der Waals surface area contributed by atoms with Crippen LogP contribution in [0.3, 0.4) is 0 Å². The third-order valence-corrected chi connectivity index (χ3v) is 4.28. The maximum Gasteiger partial charge on any atom is 0.326 e. The molecule has 0 aliphatic carbocycles. The van der Waals surface area contributed by atoms with Crippen LogP contribution in [-0.2, 0) is 20.7 Å². The molecule has 2 N–H and O–H groups in total. The summed E-state index contributed by atoms with van der Waals surface area (Å²) in [6.07, 6.45) is 1.04. The number of halogens is 2. The van der Waals surface area contributed by atoms with E-state index in [1.165, 1.54) is 0 Å². The van der Waals surface area contributed by atoms with E-state index in [0.717, 1.165) is 16.5 Å². The Labute approximate surface area is 135 Å². The predicted molar refractivity (Wildman–Crippen MR) is 81.4 cm³/mol. The summed E-state index contributed by atoms with van der Waals surface area (Å²) >= 11 is 9.27. The van der Waals surface area contributed by atoms with Gasteiger partial charge in [-0.25, -0.2) is 4.79 Å². The average Bonchev–Trinajstić information content (AvgIpc) is 2.96. The van der Waals surface area contributed by atoms with Crippen LogP contribution in [0.15, 0.2) is 22.7 Å². The minimum Gasteiger partial charge on any atom is -0.480 e. The third kappa shape index (κ3) is 4.43. The number of carbonyl (C=O) groups is 2. The smallest absolute Gasteiger partial charge is 0.326 e. The van der Waals surface area contributed by atoms with Gasteiger partial charge in [-0.05, 0) is 36.6 Å². The van der Waals surface area contributed by atoms with Crippen molar-refractivity contribution in [2.45, 2.75) is 31.4 Å². The summed E-state index contributed by atoms with van der Waals surface area (Å²) in [5, 5.41) is 12.3. The summed E-state index contributed by atoms with van der Waals surface area (Å²) in [4.78, 5) is 23.3. The van der Waals surface area contributed by atoms with E-state index in [2.05, 4.69) is 21.2 Å². The van der Waals surface area contributed by atoms with Gasteiger partial charge >= 0.3 is 5.97 Å². The van der Waals surface area contributed by atoms with Crippen molar-refractivity contribution in [2.75, 3.05) is 6.61 Å². The zero-order chi connectivity index (χ0) is 15.4. The van der Waals surface area contributed by atoms with E-state index in [0.29, 0.717) is 18.1 Å². The van der Waals surface area contributed by atoms with Gasteiger partial charge in [0.05, 0.1) is 0 Å². The Bertz CT molecular complexity index is 546. The van der Waals surface area contributed by atoms with E-state index in [1.807, 2.05) is 0 Å². The first-order valence-electron chi connectivity index (χ1n) is 6.56. The minimum atomic E-state index is -1.09. The fraction of sp³-hybridized carbons (Fsp3) is 0.429. The van der Waals surface area contributed by atoms with Gasteiger partial charge in [0.25, 0.3) is 0 Å². The maximum absolute atomic E-state index is 12.0. The van der Waals surface area contributed by atoms with Gasteiger partial charge in [0.1, 0.15) is 12.1 Å². The molecular weight excluding hydrogens is 362 g/mol. The molecule has 1 amide bonds. The number of amides is 1. The fourth-order valence-corrected chi connectivity index (χ4v) is 2.77. The largest absolute Gasteiger partial charge is 0.480 e. The lowest BCUT2D eigenvalue weighted by molar-refractivity contribution is -0.143. The van der Waals surface area contributed by atoms with E-state index in [4.69, 9.17) is 16.3 Å². The third-order valence-electron chi connectivity index (χ3n) is 3.27. The van der Waals surface area contributed by atoms with Crippen molar-refractivity contribution in [3.63, 3.8) is 0 Å². The van der Waals surface area contributed by atoms with Crippen molar-refractivity contribution in [1.82, 2.24) is 5.32 Å². The SMILES string of the molecule is O=C(O)[C@H](Cc1cc(Cl)ccc1Br)NC(=O)[C@@H]1CCCO1. The molecule has 0 radical (unpaired) electrons. The quantitative estimate of drug-likeness (QED) is 0.827. The maximum atomic E-state index is 12.0. The molecule has 1 fully saturated rings. The van der Waals surface area contributed by atoms with Gasteiger partial charge in [-0.2, -0.15) is 0 Å². The number of hydrogen-bond acceptors (Lipinski definition) is 3. The molecule has 0 spiro atoms. The van der Waals surface area contributed by atoms with Crippen LogP contribution in [0, 0.1) is 0 Å². The minimum absolute atomic E-state index is 0.148. The van der Waals surface area contributed by atoms with Crippen molar-refractivity contribution in [2.24, 2.45) is 0 Å². The lowest BCUT2D eigenvalue weighted by Crippen LogP contribution is -2.46. The molecule has 7 heteroatoms. The molecule has 1 aromatic rings. The van der Waals surface area contributed by atoms with Crippen molar-refractivity contribution in [3.8, 4) is 0 Å². The number of nitrogens with one attached hydrogen (secondary N) is 1. The van der Waals surface area contributed by atoms with Crippen molar-refractivity contribution >= 4 is 39.4 Å². The Balaban J connectivity index is 2.06. The van der Waals surface area contributed by atoms with Crippen LogP contribution in [0.5, 0.6) is 0 Å². The zero-order valence-electron chi connectivity index (χ0n) is 11.1. The molecule has 1 aromatic carbocycles. The first-order valence-corrected chi connectivity index (χ1v) is 7.73. The summed E-state index contributed by atoms with van der Waals surface area (Å²) in [7, 11) is 0. The number of ether oxygens (including phenoxy) is 1. The van der Waals surface area contributed by atoms with Crippen LogP contribution >= 0.6 is 27.5 Å². The Kier molecular flexibility index (Phi) is 5.61. The van der Waals surface area contributed by atoms with Crippen molar-refractivity contribution in [3.05, 3.63) is 33.3 Å². The standard InChI is InChI=1S/C14H15BrClNO4/c15-10-4-3-9(16)6-8(10)7-11(14(19)20)17-13(18)12-2-1-5-21-12/h3-4,6,11-12H,1-2,5,7H2,(H,17,18)(H,19,20)/t11-,12-/m0/s1. The summed E-state index contributed by atoms with van der Waals surface area (Å²) in [6.45, 7) is 0.537. The second-order valence-electron chi connectivity index (χ2n) is 4.84. The van der Waals surface area contributed by atoms with E-state index < -0.39 is 18.1 Å². The van der Waals surface area contributed by atoms with E-state index >= 15 is 0 Å². The first kappa shape index (κ1) is 16.3. The van der Waals surface area contributed by atoms with Gasteiger partial charge in [0.15, 0.2) is 0 Å². The van der Waals surface area contributed by atoms with Crippen LogP contribution in [0.4, 0.5) is 0 Å². The molecule has 1 heterocycles. The van der Waals surface area contributed by atoms with Gasteiger partial charge in [0, 0.05) is 22.5 Å². The Morgan fingerprint density at radius 2 is 2.29 bits per heavy atom. The highest BCUT2D eigenvalue weighted by Crippen LogP contribution is 2.22. The van der Waals surface area contributed by atoms with Crippen LogP contribution in [0.2, 0.25) is 5.02 Å². The number of carboxylic acids is 1. The average molecular weight is 377 g/mol. The second kappa shape index (κ2) is 7.24. The van der Waals surface area contributed by atoms with Crippen LogP contribution in [0.25, 0.3) is 0 Å². The topological polar surface area (TPSA) is 75.6 Å². The van der Waals surface area contributed by atoms with Crippen LogP contribution in [-0.4, -0.2) is 35.7 Å². The molecule has 5 nitrogen and oxygen atoms in total. The highest BCUT2D eigenvalue weighted by molar-refractivity contribution is 9.10. The summed E-state index contributed by atoms with van der Waals surface area (Å²) in [5.41, 5.74) is 0.725. The number of carbonyl (C=O) groups excluding carboxylic acids is 1. The Hall–Kier alpha value is -1.11. The Morgan fingerprint density at radius 3 is 2.90 bits per heavy atom. The van der Waals surface area contributed by atoms with Gasteiger partial charge < -0.3 is 15.2 Å². The lowest BCUT2D eigenvalue weighted by atomic mass is 10.1. The monoisotopic (exact) mass is 375 g/mol. The predicted octanol–water partition coefficient (Wildman–Crippen LogP) is 2.39. The molecular formula is C14H15BrClNO4. The van der Waals surface area contributed by atoms with E-state index in [-0.39, 0.29) is 12.3 Å². The number of hydrogen-bond donors (Lipinski definition) is 2. The molecule has 114 valence electrons. The molecule has 0 saturated carbocycles. The van der Waals surface area contributed by atoms with Gasteiger partial charge in [0.2, 0.25) is 5.91 Å². The highest BCUT2D eigenvalue weighted by Gasteiger charge is 2.28. The fourth-order valence-electron chi connectivity index (χ4n) is 2.17. The van der Waals surface area contributed by atoms with E-state index in [9.17, 15) is 14.7 Å². The van der Waals surface area contributed by atoms with Crippen molar-refractivity contribution in [1.29, 1.82) is 0 Å². The summed E-state index contributed by atoms with van der Waals surface area (Å²) < 4.78 is 6.01. The molecule has 1 aliphatic rings. The van der Waals surface area contributed by atoms with Gasteiger partial charge in [-0.15, -0.1) is 0 Å². The number of benzene rings is 1. The summed E-state index contributed by atoms with van der Waals surface area (Å²) in [6, 6.07) is 4.12. The molecule has 1 aliphatic heterocycles. The molecule has 21 heavy (non-hydrogen) atoms. The molecule has 0 bridgehead atoms. The lowest BCUT2D eigenvalue weighted by Gasteiger charge is -2.18. The van der Waals surface area contributed by atoms with Gasteiger partial charge in [-0.1, -0.05) is 27.5 Å². The molecule has 0 aromatic heterocycles. The van der Waals surface area contributed by atoms with E-state index in [1.54, 1.807) is 18.2 Å². The van der Waals surface area contributed by atoms with Crippen LogP contribution < -0.4 is 5.32 Å². The zero-order valence-corrected chi connectivity index (χ0v) is 13.5. The van der Waals surface area contributed by atoms with Crippen molar-refractivity contribution < 1.29 is 19.4 Å². The summed E-state index contributed by atoms with van der Waals surface area (Å²) in [5.74, 6) is -1.47. The highest BCUT2D eigenvalue weighted by atomic mass is 79.9. The first-order chi connectivity index (χ1) is 9.97. The number of rotatable bonds is 5. The second-order valence-corrected chi connectivity index (χ2v) is 6.13. The normalized spacial score (nSPS) is 19.2. The van der Waals surface area contributed by atoms with Crippen LogP contribution in [0.1, 0.15) is 18.4 Å². The molecule has 0 unspecified atom stereocenters. The number of aliphatic carboxylic acids is 1. The Morgan fingerprint density at radius 1 is 1.52 bits per heavy atom. The number of carboxylic acid groups (broad SMARTS) is 1. The van der Waals surface area contributed by atoms with Gasteiger partial charge in [-0.3, -0.25) is 4.79 Å². The molecule has 2 atom stereocenters.